The van der Waals surface area contributed by atoms with Crippen molar-refractivity contribution < 1.29 is 4.74 Å². The molecule has 0 saturated carbocycles. The SMILES string of the molecule is CCC1OCCC1CNc1cncc2nnnn12. The molecule has 0 radical (unpaired) electrons. The fourth-order valence-electron chi connectivity index (χ4n) is 2.41. The third-order valence-corrected chi connectivity index (χ3v) is 3.40. The molecular formula is C11H16N6O. The summed E-state index contributed by atoms with van der Waals surface area (Å²) in [7, 11) is 0. The maximum atomic E-state index is 5.67. The Morgan fingerprint density at radius 1 is 1.50 bits per heavy atom. The smallest absolute Gasteiger partial charge is 0.199 e. The number of tetrazole rings is 1. The van der Waals surface area contributed by atoms with Gasteiger partial charge in [0.15, 0.2) is 5.65 Å². The van der Waals surface area contributed by atoms with Crippen molar-refractivity contribution in [3.8, 4) is 0 Å². The molecule has 3 rings (SSSR count). The van der Waals surface area contributed by atoms with Crippen molar-refractivity contribution in [1.82, 2.24) is 25.0 Å². The van der Waals surface area contributed by atoms with Crippen LogP contribution < -0.4 is 5.32 Å². The largest absolute Gasteiger partial charge is 0.378 e. The van der Waals surface area contributed by atoms with Gasteiger partial charge in [0.05, 0.1) is 18.5 Å². The standard InChI is InChI=1S/C11H16N6O/c1-2-9-8(3-4-18-9)5-13-10-6-12-7-11-14-15-16-17(10)11/h6-9,13H,2-5H2,1H3. The molecule has 2 aromatic rings. The van der Waals surface area contributed by atoms with E-state index in [1.807, 2.05) is 0 Å². The Kier molecular flexibility index (Phi) is 3.06. The van der Waals surface area contributed by atoms with Crippen molar-refractivity contribution in [2.75, 3.05) is 18.5 Å². The van der Waals surface area contributed by atoms with E-state index in [9.17, 15) is 0 Å². The summed E-state index contributed by atoms with van der Waals surface area (Å²) in [4.78, 5) is 4.11. The topological polar surface area (TPSA) is 77.2 Å². The first-order valence-electron chi connectivity index (χ1n) is 6.26. The molecule has 18 heavy (non-hydrogen) atoms. The maximum Gasteiger partial charge on any atom is 0.199 e. The lowest BCUT2D eigenvalue weighted by molar-refractivity contribution is 0.0900. The molecule has 96 valence electrons. The number of rotatable bonds is 4. The molecule has 0 amide bonds. The second-order valence-electron chi connectivity index (χ2n) is 4.49. The summed E-state index contributed by atoms with van der Waals surface area (Å²) < 4.78 is 7.33. The van der Waals surface area contributed by atoms with Crippen LogP contribution in [0.25, 0.3) is 5.65 Å². The zero-order chi connectivity index (χ0) is 12.4. The van der Waals surface area contributed by atoms with Crippen molar-refractivity contribution in [2.24, 2.45) is 5.92 Å². The second-order valence-corrected chi connectivity index (χ2v) is 4.49. The van der Waals surface area contributed by atoms with E-state index in [0.29, 0.717) is 17.7 Å². The minimum Gasteiger partial charge on any atom is -0.378 e. The minimum absolute atomic E-state index is 0.360. The number of anilines is 1. The lowest BCUT2D eigenvalue weighted by Gasteiger charge is -2.17. The van der Waals surface area contributed by atoms with E-state index in [1.54, 1.807) is 16.9 Å². The van der Waals surface area contributed by atoms with E-state index in [2.05, 4.69) is 32.7 Å². The second kappa shape index (κ2) is 4.85. The van der Waals surface area contributed by atoms with E-state index in [1.165, 1.54) is 0 Å². The lowest BCUT2D eigenvalue weighted by Crippen LogP contribution is -2.23. The molecule has 3 heterocycles. The zero-order valence-electron chi connectivity index (χ0n) is 10.3. The van der Waals surface area contributed by atoms with Crippen molar-refractivity contribution in [2.45, 2.75) is 25.9 Å². The summed E-state index contributed by atoms with van der Waals surface area (Å²) >= 11 is 0. The van der Waals surface area contributed by atoms with Crippen molar-refractivity contribution in [3.63, 3.8) is 0 Å². The Bertz CT molecular complexity index is 527. The lowest BCUT2D eigenvalue weighted by atomic mass is 10.00. The van der Waals surface area contributed by atoms with Crippen LogP contribution in [0.2, 0.25) is 0 Å². The Hall–Kier alpha value is -1.76. The van der Waals surface area contributed by atoms with Crippen LogP contribution in [0.15, 0.2) is 12.4 Å². The summed E-state index contributed by atoms with van der Waals surface area (Å²) in [6.45, 7) is 3.88. The van der Waals surface area contributed by atoms with Crippen LogP contribution in [0.3, 0.4) is 0 Å². The molecule has 0 spiro atoms. The first-order valence-corrected chi connectivity index (χ1v) is 6.26. The zero-order valence-corrected chi connectivity index (χ0v) is 10.3. The Balaban J connectivity index is 1.71. The van der Waals surface area contributed by atoms with Gasteiger partial charge in [-0.1, -0.05) is 6.92 Å². The average molecular weight is 248 g/mol. The van der Waals surface area contributed by atoms with E-state index in [-0.39, 0.29) is 0 Å². The molecule has 1 aliphatic heterocycles. The Labute approximate surface area is 105 Å². The highest BCUT2D eigenvalue weighted by molar-refractivity contribution is 5.43. The highest BCUT2D eigenvalue weighted by atomic mass is 16.5. The summed E-state index contributed by atoms with van der Waals surface area (Å²) in [5.74, 6) is 1.36. The molecule has 2 aromatic heterocycles. The molecule has 1 N–H and O–H groups in total. The van der Waals surface area contributed by atoms with Gasteiger partial charge < -0.3 is 10.1 Å². The molecular weight excluding hydrogens is 232 g/mol. The number of hydrogen-bond acceptors (Lipinski definition) is 6. The van der Waals surface area contributed by atoms with Gasteiger partial charge in [-0.2, -0.15) is 4.52 Å². The monoisotopic (exact) mass is 248 g/mol. The summed E-state index contributed by atoms with van der Waals surface area (Å²) in [6, 6.07) is 0. The van der Waals surface area contributed by atoms with Crippen molar-refractivity contribution >= 4 is 11.5 Å². The number of fused-ring (bicyclic) bond motifs is 1. The summed E-state index contributed by atoms with van der Waals surface area (Å²) in [6.07, 6.45) is 5.89. The fraction of sp³-hybridized carbons (Fsp3) is 0.636. The van der Waals surface area contributed by atoms with Gasteiger partial charge in [-0.25, -0.2) is 0 Å². The van der Waals surface area contributed by atoms with Crippen molar-refractivity contribution in [3.05, 3.63) is 12.4 Å². The fourth-order valence-corrected chi connectivity index (χ4v) is 2.41. The number of ether oxygens (including phenoxy) is 1. The molecule has 2 unspecified atom stereocenters. The number of hydrogen-bond donors (Lipinski definition) is 1. The van der Waals surface area contributed by atoms with E-state index in [4.69, 9.17) is 4.74 Å². The number of nitrogens with zero attached hydrogens (tertiary/aromatic N) is 5. The molecule has 0 aromatic carbocycles. The van der Waals surface area contributed by atoms with E-state index in [0.717, 1.165) is 31.8 Å². The summed E-state index contributed by atoms with van der Waals surface area (Å²) in [5.41, 5.74) is 0.648. The first-order chi connectivity index (χ1) is 8.88. The van der Waals surface area contributed by atoms with Crippen LogP contribution in [-0.4, -0.2) is 44.3 Å². The van der Waals surface area contributed by atoms with Crippen LogP contribution in [0.1, 0.15) is 19.8 Å². The predicted octanol–water partition coefficient (Wildman–Crippen LogP) is 0.746. The van der Waals surface area contributed by atoms with Gasteiger partial charge in [0.1, 0.15) is 5.82 Å². The van der Waals surface area contributed by atoms with Gasteiger partial charge in [0.25, 0.3) is 0 Å². The molecule has 1 fully saturated rings. The normalized spacial score (nSPS) is 23.6. The molecule has 0 bridgehead atoms. The molecule has 7 heteroatoms. The van der Waals surface area contributed by atoms with E-state index >= 15 is 0 Å². The molecule has 1 saturated heterocycles. The molecule has 1 aliphatic rings. The van der Waals surface area contributed by atoms with Crippen LogP contribution >= 0.6 is 0 Å². The van der Waals surface area contributed by atoms with Gasteiger partial charge in [-0.15, -0.1) is 5.10 Å². The molecule has 0 aliphatic carbocycles. The molecule has 7 nitrogen and oxygen atoms in total. The highest BCUT2D eigenvalue weighted by Gasteiger charge is 2.26. The van der Waals surface area contributed by atoms with Crippen molar-refractivity contribution in [1.29, 1.82) is 0 Å². The summed E-state index contributed by atoms with van der Waals surface area (Å²) in [5, 5.41) is 14.8. The number of nitrogens with one attached hydrogen (secondary N) is 1. The Morgan fingerprint density at radius 2 is 2.44 bits per heavy atom. The minimum atomic E-state index is 0.360. The van der Waals surface area contributed by atoms with E-state index < -0.39 is 0 Å². The predicted molar refractivity (Wildman–Crippen MR) is 65.2 cm³/mol. The van der Waals surface area contributed by atoms with Crippen LogP contribution in [0.5, 0.6) is 0 Å². The number of aromatic nitrogens is 5. The third-order valence-electron chi connectivity index (χ3n) is 3.40. The van der Waals surface area contributed by atoms with Gasteiger partial charge in [-0.05, 0) is 23.3 Å². The van der Waals surface area contributed by atoms with Gasteiger partial charge in [-0.3, -0.25) is 4.98 Å². The van der Waals surface area contributed by atoms with Gasteiger partial charge in [0.2, 0.25) is 0 Å². The Morgan fingerprint density at radius 3 is 3.33 bits per heavy atom. The first kappa shape index (κ1) is 11.3. The third kappa shape index (κ3) is 2.01. The van der Waals surface area contributed by atoms with Gasteiger partial charge >= 0.3 is 0 Å². The van der Waals surface area contributed by atoms with Crippen LogP contribution in [-0.2, 0) is 4.74 Å². The molecule has 2 atom stereocenters. The van der Waals surface area contributed by atoms with Gasteiger partial charge in [0, 0.05) is 19.1 Å². The van der Waals surface area contributed by atoms with Crippen LogP contribution in [0, 0.1) is 5.92 Å². The quantitative estimate of drug-likeness (QED) is 0.860. The highest BCUT2D eigenvalue weighted by Crippen LogP contribution is 2.23. The maximum absolute atomic E-state index is 5.67. The van der Waals surface area contributed by atoms with Crippen LogP contribution in [0.4, 0.5) is 5.82 Å². The average Bonchev–Trinajstić information content (AvgIpc) is 3.04.